The number of amides is 2. The summed E-state index contributed by atoms with van der Waals surface area (Å²) < 4.78 is 5.94. The van der Waals surface area contributed by atoms with Gasteiger partial charge < -0.3 is 15.4 Å². The molecule has 9 aliphatic rings. The molecule has 0 aromatic rings. The van der Waals surface area contributed by atoms with Gasteiger partial charge in [0.25, 0.3) is 0 Å². The van der Waals surface area contributed by atoms with Gasteiger partial charge in [0.2, 0.25) is 11.8 Å². The Kier molecular flexibility index (Phi) is 3.84. The Morgan fingerprint density at radius 1 is 0.533 bits per heavy atom. The zero-order valence-electron chi connectivity index (χ0n) is 18.0. The third-order valence-corrected chi connectivity index (χ3v) is 10.4. The van der Waals surface area contributed by atoms with Gasteiger partial charge in [-0.1, -0.05) is 0 Å². The van der Waals surface area contributed by atoms with Crippen LogP contribution in [0.25, 0.3) is 0 Å². The van der Waals surface area contributed by atoms with E-state index in [9.17, 15) is 9.59 Å². The molecule has 5 heteroatoms. The van der Waals surface area contributed by atoms with E-state index in [0.29, 0.717) is 0 Å². The third kappa shape index (κ3) is 2.76. The fraction of sp³-hybridized carbons (Fsp3) is 0.920. The smallest absolute Gasteiger partial charge is 0.228 e. The van der Waals surface area contributed by atoms with Crippen LogP contribution >= 0.6 is 0 Å². The summed E-state index contributed by atoms with van der Waals surface area (Å²) in [6.45, 7) is 0. The first-order valence-corrected chi connectivity index (χ1v) is 12.7. The molecule has 0 aromatic carbocycles. The van der Waals surface area contributed by atoms with Crippen LogP contribution in [0.15, 0.2) is 0 Å². The number of hydrogen-bond donors (Lipinski definition) is 2. The van der Waals surface area contributed by atoms with Crippen LogP contribution in [0.3, 0.4) is 0 Å². The first-order valence-electron chi connectivity index (χ1n) is 12.7. The van der Waals surface area contributed by atoms with Crippen LogP contribution in [0.5, 0.6) is 0 Å². The first kappa shape index (κ1) is 18.5. The SMILES string of the molecule is O=C(NC1CC(NC(=O)C23CC4CC(CC(C4)C2)C3)O1)C12CC3CC(CC(C3)C1)C2. The van der Waals surface area contributed by atoms with E-state index in [0.717, 1.165) is 80.5 Å². The fourth-order valence-corrected chi connectivity index (χ4v) is 9.94. The second-order valence-corrected chi connectivity index (χ2v) is 12.7. The number of carbonyl (C=O) groups is 2. The number of rotatable bonds is 4. The Hall–Kier alpha value is -1.10. The number of ether oxygens (including phenoxy) is 1. The molecule has 1 heterocycles. The molecule has 0 spiro atoms. The highest BCUT2D eigenvalue weighted by molar-refractivity contribution is 5.84. The van der Waals surface area contributed by atoms with Crippen molar-refractivity contribution in [2.24, 2.45) is 46.3 Å². The average Bonchev–Trinajstić information content (AvgIpc) is 2.64. The molecule has 9 rings (SSSR count). The standard InChI is InChI=1S/C25H36N2O3/c28-22(24-8-14-1-15(9-24)3-16(2-14)10-24)26-20-7-21(30-20)27-23(29)25-11-17-4-18(12-25)6-19(5-17)13-25/h14-21H,1-13H2,(H,26,28)(H,27,29). The molecule has 9 fully saturated rings. The van der Waals surface area contributed by atoms with Crippen molar-refractivity contribution in [1.82, 2.24) is 10.6 Å². The summed E-state index contributed by atoms with van der Waals surface area (Å²) in [5.41, 5.74) is -0.239. The molecule has 2 amide bonds. The summed E-state index contributed by atoms with van der Waals surface area (Å²) in [5, 5.41) is 6.40. The Morgan fingerprint density at radius 2 is 0.800 bits per heavy atom. The Labute approximate surface area is 179 Å². The maximum absolute atomic E-state index is 13.2. The van der Waals surface area contributed by atoms with E-state index in [1.54, 1.807) is 0 Å². The van der Waals surface area contributed by atoms with Crippen LogP contribution in [-0.2, 0) is 14.3 Å². The van der Waals surface area contributed by atoms with Crippen LogP contribution in [0, 0.1) is 46.3 Å². The summed E-state index contributed by atoms with van der Waals surface area (Å²) in [4.78, 5) is 26.4. The molecule has 2 atom stereocenters. The molecule has 8 bridgehead atoms. The molecular formula is C25H36N2O3. The van der Waals surface area contributed by atoms with Crippen molar-refractivity contribution in [2.75, 3.05) is 0 Å². The van der Waals surface area contributed by atoms with E-state index in [-0.39, 0.29) is 35.1 Å². The Bertz CT molecular complexity index is 638. The molecule has 2 unspecified atom stereocenters. The summed E-state index contributed by atoms with van der Waals surface area (Å²) in [7, 11) is 0. The lowest BCUT2D eigenvalue weighted by Crippen LogP contribution is -2.62. The summed E-state index contributed by atoms with van der Waals surface area (Å²) >= 11 is 0. The monoisotopic (exact) mass is 412 g/mol. The highest BCUT2D eigenvalue weighted by Gasteiger charge is 2.57. The van der Waals surface area contributed by atoms with Crippen molar-refractivity contribution in [3.05, 3.63) is 0 Å². The van der Waals surface area contributed by atoms with Crippen LogP contribution in [-0.4, -0.2) is 24.3 Å². The van der Waals surface area contributed by atoms with Crippen molar-refractivity contribution < 1.29 is 14.3 Å². The van der Waals surface area contributed by atoms with Crippen LogP contribution < -0.4 is 10.6 Å². The van der Waals surface area contributed by atoms with Gasteiger partial charge in [-0.05, 0) is 113 Å². The highest BCUT2D eigenvalue weighted by atomic mass is 16.5. The molecule has 164 valence electrons. The second kappa shape index (κ2) is 6.24. The second-order valence-electron chi connectivity index (χ2n) is 12.7. The van der Waals surface area contributed by atoms with Gasteiger partial charge in [-0.2, -0.15) is 0 Å². The molecule has 5 nitrogen and oxygen atoms in total. The zero-order chi connectivity index (χ0) is 20.1. The largest absolute Gasteiger partial charge is 0.335 e. The molecular weight excluding hydrogens is 376 g/mol. The van der Waals surface area contributed by atoms with E-state index in [2.05, 4.69) is 10.6 Å². The molecule has 0 radical (unpaired) electrons. The number of hydrogen-bond acceptors (Lipinski definition) is 3. The van der Waals surface area contributed by atoms with E-state index in [4.69, 9.17) is 4.74 Å². The van der Waals surface area contributed by atoms with Gasteiger partial charge in [-0.25, -0.2) is 0 Å². The van der Waals surface area contributed by atoms with Gasteiger partial charge in [0.15, 0.2) is 0 Å². The maximum atomic E-state index is 13.2. The summed E-state index contributed by atoms with van der Waals surface area (Å²) in [6.07, 6.45) is 14.9. The minimum absolute atomic E-state index is 0.119. The molecule has 8 aliphatic carbocycles. The molecule has 1 saturated heterocycles. The van der Waals surface area contributed by atoms with Crippen molar-refractivity contribution in [3.8, 4) is 0 Å². The van der Waals surface area contributed by atoms with E-state index >= 15 is 0 Å². The van der Waals surface area contributed by atoms with Gasteiger partial charge in [0, 0.05) is 6.42 Å². The van der Waals surface area contributed by atoms with Gasteiger partial charge in [0.1, 0.15) is 12.5 Å². The molecule has 0 aromatic heterocycles. The first-order chi connectivity index (χ1) is 14.5. The fourth-order valence-electron chi connectivity index (χ4n) is 9.94. The molecule has 8 saturated carbocycles. The third-order valence-electron chi connectivity index (χ3n) is 10.4. The Morgan fingerprint density at radius 3 is 1.07 bits per heavy atom. The van der Waals surface area contributed by atoms with Gasteiger partial charge in [0.05, 0.1) is 10.8 Å². The van der Waals surface area contributed by atoms with Crippen LogP contribution in [0.1, 0.15) is 83.5 Å². The topological polar surface area (TPSA) is 67.4 Å². The van der Waals surface area contributed by atoms with Gasteiger partial charge in [-0.3, -0.25) is 9.59 Å². The number of nitrogens with one attached hydrogen (secondary N) is 2. The highest BCUT2D eigenvalue weighted by Crippen LogP contribution is 2.61. The summed E-state index contributed by atoms with van der Waals surface area (Å²) in [6, 6.07) is 0. The normalized spacial score (nSPS) is 54.7. The lowest BCUT2D eigenvalue weighted by molar-refractivity contribution is -0.184. The van der Waals surface area contributed by atoms with Crippen LogP contribution in [0.4, 0.5) is 0 Å². The maximum Gasteiger partial charge on any atom is 0.228 e. The summed E-state index contributed by atoms with van der Waals surface area (Å²) in [5.74, 6) is 5.12. The van der Waals surface area contributed by atoms with Crippen molar-refractivity contribution in [3.63, 3.8) is 0 Å². The zero-order valence-corrected chi connectivity index (χ0v) is 18.0. The van der Waals surface area contributed by atoms with E-state index in [1.807, 2.05) is 0 Å². The van der Waals surface area contributed by atoms with Crippen molar-refractivity contribution in [2.45, 2.75) is 95.9 Å². The van der Waals surface area contributed by atoms with Gasteiger partial charge >= 0.3 is 0 Å². The predicted molar refractivity (Wildman–Crippen MR) is 111 cm³/mol. The lowest BCUT2D eigenvalue weighted by atomic mass is 9.49. The average molecular weight is 413 g/mol. The van der Waals surface area contributed by atoms with E-state index < -0.39 is 0 Å². The number of carbonyl (C=O) groups excluding carboxylic acids is 2. The van der Waals surface area contributed by atoms with E-state index in [1.165, 1.54) is 38.5 Å². The van der Waals surface area contributed by atoms with Crippen molar-refractivity contribution >= 4 is 11.8 Å². The molecule has 1 aliphatic heterocycles. The molecule has 2 N–H and O–H groups in total. The predicted octanol–water partition coefficient (Wildman–Crippen LogP) is 3.72. The minimum Gasteiger partial charge on any atom is -0.335 e. The quantitative estimate of drug-likeness (QED) is 0.739. The van der Waals surface area contributed by atoms with Crippen LogP contribution in [0.2, 0.25) is 0 Å². The lowest BCUT2D eigenvalue weighted by Gasteiger charge is -2.56. The van der Waals surface area contributed by atoms with Crippen molar-refractivity contribution in [1.29, 1.82) is 0 Å². The van der Waals surface area contributed by atoms with Gasteiger partial charge in [-0.15, -0.1) is 0 Å². The minimum atomic E-state index is -0.216. The molecule has 30 heavy (non-hydrogen) atoms. The Balaban J connectivity index is 0.941.